The summed E-state index contributed by atoms with van der Waals surface area (Å²) < 4.78 is 12.6. The van der Waals surface area contributed by atoms with Crippen molar-refractivity contribution in [1.29, 1.82) is 0 Å². The molecule has 0 unspecified atom stereocenters. The third-order valence-electron chi connectivity index (χ3n) is 5.10. The van der Waals surface area contributed by atoms with Crippen LogP contribution in [0, 0.1) is 0 Å². The molecule has 2 aromatic carbocycles. The minimum absolute atomic E-state index is 0.596. The molecule has 156 valence electrons. The van der Waals surface area contributed by atoms with Crippen molar-refractivity contribution in [2.75, 3.05) is 27.3 Å². The summed E-state index contributed by atoms with van der Waals surface area (Å²) in [5.74, 6) is 2.62. The van der Waals surface area contributed by atoms with Crippen LogP contribution in [0.15, 0.2) is 59.7 Å². The van der Waals surface area contributed by atoms with Gasteiger partial charge in [0.1, 0.15) is 11.5 Å². The minimum atomic E-state index is 0.596. The fraction of sp³-hybridized carbons (Fsp3) is 0.304. The highest BCUT2D eigenvalue weighted by molar-refractivity contribution is 5.79. The predicted octanol–water partition coefficient (Wildman–Crippen LogP) is 2.72. The maximum Gasteiger partial charge on any atom is 0.191 e. The molecule has 7 heteroatoms. The molecule has 0 fully saturated rings. The third kappa shape index (κ3) is 4.74. The van der Waals surface area contributed by atoms with Crippen molar-refractivity contribution in [3.05, 3.63) is 71.5 Å². The number of methoxy groups -OCH3 is 1. The molecule has 2 heterocycles. The smallest absolute Gasteiger partial charge is 0.191 e. The van der Waals surface area contributed by atoms with E-state index in [0.717, 1.165) is 54.8 Å². The summed E-state index contributed by atoms with van der Waals surface area (Å²) in [5, 5.41) is 11.3. The van der Waals surface area contributed by atoms with E-state index in [1.54, 1.807) is 14.2 Å². The molecular weight excluding hydrogens is 378 g/mol. The maximum atomic E-state index is 5.57. The number of nitrogens with zero attached hydrogens (tertiary/aromatic N) is 3. The molecule has 1 aliphatic rings. The van der Waals surface area contributed by atoms with Crippen LogP contribution in [-0.4, -0.2) is 43.0 Å². The molecule has 7 nitrogen and oxygen atoms in total. The number of fused-ring (bicyclic) bond motifs is 1. The third-order valence-corrected chi connectivity index (χ3v) is 5.10. The van der Waals surface area contributed by atoms with E-state index >= 15 is 0 Å². The summed E-state index contributed by atoms with van der Waals surface area (Å²) in [6.07, 6.45) is 3.88. The first kappa shape index (κ1) is 19.8. The highest BCUT2D eigenvalue weighted by Gasteiger charge is 2.11. The summed E-state index contributed by atoms with van der Waals surface area (Å²) in [7, 11) is 3.44. The Labute approximate surface area is 176 Å². The van der Waals surface area contributed by atoms with Gasteiger partial charge >= 0.3 is 0 Å². The lowest BCUT2D eigenvalue weighted by Crippen LogP contribution is -2.38. The number of ether oxygens (including phenoxy) is 2. The Morgan fingerprint density at radius 3 is 2.83 bits per heavy atom. The largest absolute Gasteiger partial charge is 0.497 e. The normalized spacial score (nSPS) is 12.9. The second kappa shape index (κ2) is 9.35. The zero-order valence-electron chi connectivity index (χ0n) is 17.4. The second-order valence-corrected chi connectivity index (χ2v) is 7.09. The van der Waals surface area contributed by atoms with Crippen LogP contribution in [0.5, 0.6) is 11.5 Å². The number of aromatic nitrogens is 2. The van der Waals surface area contributed by atoms with Gasteiger partial charge in [0, 0.05) is 26.2 Å². The van der Waals surface area contributed by atoms with Gasteiger partial charge in [0.05, 0.1) is 31.6 Å². The van der Waals surface area contributed by atoms with E-state index in [0.29, 0.717) is 6.54 Å². The zero-order valence-corrected chi connectivity index (χ0v) is 17.4. The zero-order chi connectivity index (χ0) is 20.8. The van der Waals surface area contributed by atoms with Gasteiger partial charge in [-0.15, -0.1) is 0 Å². The molecule has 1 aliphatic heterocycles. The van der Waals surface area contributed by atoms with Crippen molar-refractivity contribution in [2.24, 2.45) is 4.99 Å². The summed E-state index contributed by atoms with van der Waals surface area (Å²) in [4.78, 5) is 4.30. The quantitative estimate of drug-likeness (QED) is 0.467. The molecule has 0 bridgehead atoms. The van der Waals surface area contributed by atoms with Crippen LogP contribution in [0.1, 0.15) is 16.8 Å². The molecule has 0 atom stereocenters. The molecule has 30 heavy (non-hydrogen) atoms. The van der Waals surface area contributed by atoms with Gasteiger partial charge in [-0.1, -0.05) is 12.1 Å². The Kier molecular flexibility index (Phi) is 6.17. The molecule has 0 saturated carbocycles. The van der Waals surface area contributed by atoms with Gasteiger partial charge in [0.15, 0.2) is 5.96 Å². The standard InChI is InChI=1S/C23H27N5O2/c1-24-23(25-12-9-17-3-8-22-18(15-17)11-14-30-22)26-16-19-10-13-28(27-19)20-4-6-21(29-2)7-5-20/h3-8,10,13,15H,9,11-12,14,16H2,1-2H3,(H2,24,25,26). The van der Waals surface area contributed by atoms with Crippen LogP contribution in [0.25, 0.3) is 5.69 Å². The number of rotatable bonds is 7. The molecule has 4 rings (SSSR count). The average Bonchev–Trinajstić information content (AvgIpc) is 3.45. The highest BCUT2D eigenvalue weighted by atomic mass is 16.5. The molecule has 3 aromatic rings. The number of aliphatic imine (C=N–C) groups is 1. The Morgan fingerprint density at radius 2 is 2.03 bits per heavy atom. The van der Waals surface area contributed by atoms with Gasteiger partial charge in [-0.2, -0.15) is 5.10 Å². The maximum absolute atomic E-state index is 5.57. The van der Waals surface area contributed by atoms with Gasteiger partial charge in [0.25, 0.3) is 0 Å². The Morgan fingerprint density at radius 1 is 1.17 bits per heavy atom. The lowest BCUT2D eigenvalue weighted by atomic mass is 10.1. The van der Waals surface area contributed by atoms with E-state index in [2.05, 4.69) is 38.9 Å². The van der Waals surface area contributed by atoms with Crippen LogP contribution in [0.3, 0.4) is 0 Å². The number of hydrogen-bond donors (Lipinski definition) is 2. The van der Waals surface area contributed by atoms with Gasteiger partial charge < -0.3 is 20.1 Å². The van der Waals surface area contributed by atoms with Crippen molar-refractivity contribution in [1.82, 2.24) is 20.4 Å². The van der Waals surface area contributed by atoms with E-state index in [4.69, 9.17) is 9.47 Å². The van der Waals surface area contributed by atoms with Crippen LogP contribution >= 0.6 is 0 Å². The minimum Gasteiger partial charge on any atom is -0.497 e. The highest BCUT2D eigenvalue weighted by Crippen LogP contribution is 2.25. The summed E-state index contributed by atoms with van der Waals surface area (Å²) in [6.45, 7) is 2.19. The Hall–Kier alpha value is -3.48. The molecule has 1 aromatic heterocycles. The molecule has 0 radical (unpaired) electrons. The van der Waals surface area contributed by atoms with E-state index in [9.17, 15) is 0 Å². The van der Waals surface area contributed by atoms with Crippen LogP contribution in [0.2, 0.25) is 0 Å². The first-order valence-corrected chi connectivity index (χ1v) is 10.1. The molecule has 2 N–H and O–H groups in total. The average molecular weight is 406 g/mol. The van der Waals surface area contributed by atoms with Crippen molar-refractivity contribution < 1.29 is 9.47 Å². The molecule has 0 spiro atoms. The van der Waals surface area contributed by atoms with Gasteiger partial charge in [-0.05, 0) is 53.9 Å². The molecule has 0 saturated heterocycles. The van der Waals surface area contributed by atoms with E-state index in [1.807, 2.05) is 41.2 Å². The number of nitrogens with one attached hydrogen (secondary N) is 2. The van der Waals surface area contributed by atoms with E-state index in [1.165, 1.54) is 11.1 Å². The van der Waals surface area contributed by atoms with Crippen LogP contribution in [-0.2, 0) is 19.4 Å². The van der Waals surface area contributed by atoms with Crippen LogP contribution in [0.4, 0.5) is 0 Å². The molecular formula is C23H27N5O2. The van der Waals surface area contributed by atoms with Crippen molar-refractivity contribution in [3.8, 4) is 17.2 Å². The van der Waals surface area contributed by atoms with Crippen molar-refractivity contribution in [3.63, 3.8) is 0 Å². The topological polar surface area (TPSA) is 72.7 Å². The van der Waals surface area contributed by atoms with E-state index < -0.39 is 0 Å². The first-order chi connectivity index (χ1) is 14.7. The number of guanidine groups is 1. The van der Waals surface area contributed by atoms with Crippen LogP contribution < -0.4 is 20.1 Å². The van der Waals surface area contributed by atoms with Gasteiger partial charge in [0.2, 0.25) is 0 Å². The lowest BCUT2D eigenvalue weighted by Gasteiger charge is -2.11. The first-order valence-electron chi connectivity index (χ1n) is 10.1. The predicted molar refractivity (Wildman–Crippen MR) is 118 cm³/mol. The van der Waals surface area contributed by atoms with E-state index in [-0.39, 0.29) is 0 Å². The van der Waals surface area contributed by atoms with Crippen molar-refractivity contribution in [2.45, 2.75) is 19.4 Å². The lowest BCUT2D eigenvalue weighted by molar-refractivity contribution is 0.357. The Balaban J connectivity index is 1.26. The SMILES string of the molecule is CN=C(NCCc1ccc2c(c1)CCO2)NCc1ccn(-c2ccc(OC)cc2)n1. The van der Waals surface area contributed by atoms with Crippen molar-refractivity contribution >= 4 is 5.96 Å². The van der Waals surface area contributed by atoms with Gasteiger partial charge in [-0.3, -0.25) is 4.99 Å². The Bertz CT molecular complexity index is 1010. The number of benzene rings is 2. The summed E-state index contributed by atoms with van der Waals surface area (Å²) in [6, 6.07) is 16.3. The molecule has 0 aliphatic carbocycles. The fourth-order valence-corrected chi connectivity index (χ4v) is 3.45. The monoisotopic (exact) mass is 405 g/mol. The molecule has 0 amide bonds. The summed E-state index contributed by atoms with van der Waals surface area (Å²) in [5.41, 5.74) is 4.54. The fourth-order valence-electron chi connectivity index (χ4n) is 3.45. The number of hydrogen-bond acceptors (Lipinski definition) is 4. The second-order valence-electron chi connectivity index (χ2n) is 7.09. The summed E-state index contributed by atoms with van der Waals surface area (Å²) >= 11 is 0. The van der Waals surface area contributed by atoms with Gasteiger partial charge in [-0.25, -0.2) is 4.68 Å².